The molecule has 0 spiro atoms. The molecule has 0 amide bonds. The van der Waals surface area contributed by atoms with Gasteiger partial charge in [0.15, 0.2) is 0 Å². The fourth-order valence-corrected chi connectivity index (χ4v) is 2.06. The first-order valence-corrected chi connectivity index (χ1v) is 6.59. The predicted molar refractivity (Wildman–Crippen MR) is 77.7 cm³/mol. The first kappa shape index (κ1) is 14.4. The number of halogens is 1. The summed E-state index contributed by atoms with van der Waals surface area (Å²) in [6.07, 6.45) is 1.58. The van der Waals surface area contributed by atoms with Crippen molar-refractivity contribution in [2.75, 3.05) is 0 Å². The van der Waals surface area contributed by atoms with Gasteiger partial charge in [0.25, 0.3) is 5.69 Å². The monoisotopic (exact) mass is 337 g/mol. The third-order valence-corrected chi connectivity index (χ3v) is 3.03. The van der Waals surface area contributed by atoms with Crippen LogP contribution in [0.5, 0.6) is 11.6 Å². The van der Waals surface area contributed by atoms with Crippen LogP contribution in [-0.2, 0) is 0 Å². The number of ether oxygens (including phenoxy) is 1. The first-order chi connectivity index (χ1) is 9.45. The average Bonchev–Trinajstić information content (AvgIpc) is 2.38. The van der Waals surface area contributed by atoms with Crippen molar-refractivity contribution in [3.63, 3.8) is 0 Å². The summed E-state index contributed by atoms with van der Waals surface area (Å²) in [5.74, 6) is 0.674. The first-order valence-electron chi connectivity index (χ1n) is 5.80. The molecular weight excluding hydrogens is 326 g/mol. The van der Waals surface area contributed by atoms with E-state index in [2.05, 4.69) is 20.9 Å². The SMILES string of the molecule is CC(N)c1ccnc(Oc2cc(Br)cc([N+](=O)[O-])c2)c1. The van der Waals surface area contributed by atoms with Gasteiger partial charge in [-0.05, 0) is 24.6 Å². The molecule has 0 saturated heterocycles. The maximum absolute atomic E-state index is 10.8. The molecule has 0 fully saturated rings. The largest absolute Gasteiger partial charge is 0.439 e. The molecule has 6 nitrogen and oxygen atoms in total. The lowest BCUT2D eigenvalue weighted by molar-refractivity contribution is -0.385. The van der Waals surface area contributed by atoms with Crippen molar-refractivity contribution >= 4 is 21.6 Å². The Morgan fingerprint density at radius 1 is 1.40 bits per heavy atom. The molecule has 1 heterocycles. The van der Waals surface area contributed by atoms with E-state index in [0.717, 1.165) is 5.56 Å². The minimum absolute atomic E-state index is 0.0577. The minimum atomic E-state index is -0.483. The van der Waals surface area contributed by atoms with Gasteiger partial charge in [-0.1, -0.05) is 15.9 Å². The summed E-state index contributed by atoms with van der Waals surface area (Å²) in [6, 6.07) is 7.73. The number of nitrogens with zero attached hydrogens (tertiary/aromatic N) is 2. The van der Waals surface area contributed by atoms with Crippen molar-refractivity contribution in [1.82, 2.24) is 4.98 Å². The third kappa shape index (κ3) is 3.52. The van der Waals surface area contributed by atoms with Crippen molar-refractivity contribution < 1.29 is 9.66 Å². The van der Waals surface area contributed by atoms with Gasteiger partial charge in [0, 0.05) is 28.8 Å². The Hall–Kier alpha value is -1.99. The molecule has 7 heteroatoms. The molecule has 0 bridgehead atoms. The van der Waals surface area contributed by atoms with E-state index < -0.39 is 4.92 Å². The van der Waals surface area contributed by atoms with E-state index in [1.807, 2.05) is 6.92 Å². The van der Waals surface area contributed by atoms with Gasteiger partial charge in [0.1, 0.15) is 5.75 Å². The van der Waals surface area contributed by atoms with E-state index in [0.29, 0.717) is 16.1 Å². The number of pyridine rings is 1. The summed E-state index contributed by atoms with van der Waals surface area (Å²) in [5, 5.41) is 10.8. The van der Waals surface area contributed by atoms with Crippen molar-refractivity contribution in [2.45, 2.75) is 13.0 Å². The Bertz CT molecular complexity index is 647. The van der Waals surface area contributed by atoms with Gasteiger partial charge in [0.05, 0.1) is 11.0 Å². The quantitative estimate of drug-likeness (QED) is 0.680. The van der Waals surface area contributed by atoms with Crippen molar-refractivity contribution in [3.05, 3.63) is 56.7 Å². The molecule has 0 saturated carbocycles. The average molecular weight is 338 g/mol. The van der Waals surface area contributed by atoms with Crippen LogP contribution >= 0.6 is 15.9 Å². The number of rotatable bonds is 4. The Labute approximate surface area is 123 Å². The van der Waals surface area contributed by atoms with Crippen molar-refractivity contribution in [2.24, 2.45) is 5.73 Å². The highest BCUT2D eigenvalue weighted by molar-refractivity contribution is 9.10. The van der Waals surface area contributed by atoms with Gasteiger partial charge in [-0.25, -0.2) is 4.98 Å². The van der Waals surface area contributed by atoms with E-state index in [1.54, 1.807) is 24.4 Å². The van der Waals surface area contributed by atoms with Gasteiger partial charge in [-0.2, -0.15) is 0 Å². The molecule has 1 aromatic carbocycles. The number of hydrogen-bond acceptors (Lipinski definition) is 5. The Morgan fingerprint density at radius 2 is 2.15 bits per heavy atom. The number of nitrogens with two attached hydrogens (primary N) is 1. The number of nitro groups is 1. The highest BCUT2D eigenvalue weighted by atomic mass is 79.9. The summed E-state index contributed by atoms with van der Waals surface area (Å²) >= 11 is 3.21. The molecule has 1 atom stereocenters. The van der Waals surface area contributed by atoms with Crippen molar-refractivity contribution in [1.29, 1.82) is 0 Å². The number of aromatic nitrogens is 1. The Morgan fingerprint density at radius 3 is 2.80 bits per heavy atom. The van der Waals surface area contributed by atoms with Crippen LogP contribution in [0.2, 0.25) is 0 Å². The topological polar surface area (TPSA) is 91.3 Å². The van der Waals surface area contributed by atoms with Crippen LogP contribution < -0.4 is 10.5 Å². The molecular formula is C13H12BrN3O3. The molecule has 0 aliphatic heterocycles. The summed E-state index contributed by atoms with van der Waals surface area (Å²) in [6.45, 7) is 1.85. The Balaban J connectivity index is 2.30. The van der Waals surface area contributed by atoms with E-state index in [-0.39, 0.29) is 11.7 Å². The Kier molecular flexibility index (Phi) is 4.31. The maximum atomic E-state index is 10.8. The second-order valence-corrected chi connectivity index (χ2v) is 5.14. The van der Waals surface area contributed by atoms with Gasteiger partial charge < -0.3 is 10.5 Å². The molecule has 2 aromatic rings. The van der Waals surface area contributed by atoms with Crippen LogP contribution in [0.1, 0.15) is 18.5 Å². The number of benzene rings is 1. The van der Waals surface area contributed by atoms with Crippen molar-refractivity contribution in [3.8, 4) is 11.6 Å². The van der Waals surface area contributed by atoms with Gasteiger partial charge in [-0.15, -0.1) is 0 Å². The molecule has 0 aliphatic rings. The molecule has 0 aliphatic carbocycles. The molecule has 2 rings (SSSR count). The second-order valence-electron chi connectivity index (χ2n) is 4.22. The highest BCUT2D eigenvalue weighted by Crippen LogP contribution is 2.29. The lowest BCUT2D eigenvalue weighted by Crippen LogP contribution is -2.05. The van der Waals surface area contributed by atoms with Crippen LogP contribution in [0, 0.1) is 10.1 Å². The molecule has 1 unspecified atom stereocenters. The van der Waals surface area contributed by atoms with Gasteiger partial charge in [-0.3, -0.25) is 10.1 Å². The fourth-order valence-electron chi connectivity index (χ4n) is 1.60. The number of nitro benzene ring substituents is 1. The molecule has 20 heavy (non-hydrogen) atoms. The molecule has 0 radical (unpaired) electrons. The van der Waals surface area contributed by atoms with Crippen LogP contribution in [0.4, 0.5) is 5.69 Å². The summed E-state index contributed by atoms with van der Waals surface area (Å²) in [4.78, 5) is 14.4. The molecule has 2 N–H and O–H groups in total. The predicted octanol–water partition coefficient (Wildman–Crippen LogP) is 3.56. The maximum Gasteiger partial charge on any atom is 0.274 e. The summed E-state index contributed by atoms with van der Waals surface area (Å²) < 4.78 is 6.10. The lowest BCUT2D eigenvalue weighted by Gasteiger charge is -2.09. The van der Waals surface area contributed by atoms with E-state index in [4.69, 9.17) is 10.5 Å². The van der Waals surface area contributed by atoms with Crippen LogP contribution in [0.15, 0.2) is 41.0 Å². The van der Waals surface area contributed by atoms with Crippen LogP contribution in [-0.4, -0.2) is 9.91 Å². The standard InChI is InChI=1S/C13H12BrN3O3/c1-8(15)9-2-3-16-13(4-9)20-12-6-10(14)5-11(7-12)17(18)19/h2-8H,15H2,1H3. The van der Waals surface area contributed by atoms with Gasteiger partial charge >= 0.3 is 0 Å². The highest BCUT2D eigenvalue weighted by Gasteiger charge is 2.11. The molecule has 104 valence electrons. The second kappa shape index (κ2) is 5.98. The molecule has 1 aromatic heterocycles. The number of hydrogen-bond donors (Lipinski definition) is 1. The smallest absolute Gasteiger partial charge is 0.274 e. The minimum Gasteiger partial charge on any atom is -0.439 e. The summed E-state index contributed by atoms with van der Waals surface area (Å²) in [7, 11) is 0. The van der Waals surface area contributed by atoms with E-state index >= 15 is 0 Å². The third-order valence-electron chi connectivity index (χ3n) is 2.57. The fraction of sp³-hybridized carbons (Fsp3) is 0.154. The lowest BCUT2D eigenvalue weighted by atomic mass is 10.1. The zero-order chi connectivity index (χ0) is 14.7. The van der Waals surface area contributed by atoms with Crippen LogP contribution in [0.25, 0.3) is 0 Å². The van der Waals surface area contributed by atoms with Crippen LogP contribution in [0.3, 0.4) is 0 Å². The zero-order valence-electron chi connectivity index (χ0n) is 10.6. The number of non-ortho nitro benzene ring substituents is 1. The van der Waals surface area contributed by atoms with E-state index in [1.165, 1.54) is 12.1 Å². The normalized spacial score (nSPS) is 11.9. The summed E-state index contributed by atoms with van der Waals surface area (Å²) in [5.41, 5.74) is 6.60. The zero-order valence-corrected chi connectivity index (χ0v) is 12.2. The van der Waals surface area contributed by atoms with Gasteiger partial charge in [0.2, 0.25) is 5.88 Å². The van der Waals surface area contributed by atoms with E-state index in [9.17, 15) is 10.1 Å².